The number of nitrogens with zero attached hydrogens (tertiary/aromatic N) is 2. The van der Waals surface area contributed by atoms with Crippen LogP contribution in [-0.2, 0) is 16.0 Å². The number of aromatic nitrogens is 1. The summed E-state index contributed by atoms with van der Waals surface area (Å²) >= 11 is 6.09. The van der Waals surface area contributed by atoms with Crippen LogP contribution in [0.25, 0.3) is 10.9 Å². The standard InChI is InChI=1S/C24H28ClN5O2/c25-20-6-2-4-8-22(20)28-24(32)17-30-13-11-29(12-14-30)16-23(31)26-10-9-18-15-27-21-7-3-1-5-19(18)21/h1-8,15,27H,9-14,16-17H2,(H,26,31)(H,28,32). The SMILES string of the molecule is O=C(CN1CCN(CC(=O)Nc2ccccc2Cl)CC1)NCCc1c[nH]c2ccccc12. The number of amides is 2. The van der Waals surface area contributed by atoms with Crippen molar-refractivity contribution in [1.29, 1.82) is 0 Å². The van der Waals surface area contributed by atoms with Gasteiger partial charge in [-0.2, -0.15) is 0 Å². The molecule has 1 fully saturated rings. The molecule has 2 amide bonds. The summed E-state index contributed by atoms with van der Waals surface area (Å²) in [5, 5.41) is 7.61. The van der Waals surface area contributed by atoms with E-state index in [9.17, 15) is 9.59 Å². The number of carbonyl (C=O) groups is 2. The number of benzene rings is 2. The smallest absolute Gasteiger partial charge is 0.238 e. The molecule has 1 aliphatic rings. The van der Waals surface area contributed by atoms with E-state index in [0.717, 1.165) is 38.1 Å². The molecule has 7 nitrogen and oxygen atoms in total. The largest absolute Gasteiger partial charge is 0.361 e. The summed E-state index contributed by atoms with van der Waals surface area (Å²) in [6, 6.07) is 15.4. The lowest BCUT2D eigenvalue weighted by Crippen LogP contribution is -2.51. The maximum absolute atomic E-state index is 12.3. The van der Waals surface area contributed by atoms with Crippen molar-refractivity contribution in [3.8, 4) is 0 Å². The molecule has 0 aliphatic carbocycles. The van der Waals surface area contributed by atoms with E-state index in [1.54, 1.807) is 12.1 Å². The fourth-order valence-electron chi connectivity index (χ4n) is 3.99. The van der Waals surface area contributed by atoms with Gasteiger partial charge in [0, 0.05) is 49.8 Å². The topological polar surface area (TPSA) is 80.5 Å². The van der Waals surface area contributed by atoms with E-state index in [2.05, 4.69) is 37.6 Å². The third kappa shape index (κ3) is 5.88. The van der Waals surface area contributed by atoms with Crippen molar-refractivity contribution >= 4 is 40.0 Å². The third-order valence-electron chi connectivity index (χ3n) is 5.74. The predicted octanol–water partition coefficient (Wildman–Crippen LogP) is 2.74. The van der Waals surface area contributed by atoms with Crippen LogP contribution in [0.1, 0.15) is 5.56 Å². The maximum Gasteiger partial charge on any atom is 0.238 e. The summed E-state index contributed by atoms with van der Waals surface area (Å²) in [4.78, 5) is 32.1. The van der Waals surface area contributed by atoms with Crippen LogP contribution < -0.4 is 10.6 Å². The van der Waals surface area contributed by atoms with Gasteiger partial charge in [-0.1, -0.05) is 41.9 Å². The first-order valence-electron chi connectivity index (χ1n) is 10.9. The molecule has 0 unspecified atom stereocenters. The second-order valence-electron chi connectivity index (χ2n) is 8.04. The first-order valence-corrected chi connectivity index (χ1v) is 11.3. The number of fused-ring (bicyclic) bond motifs is 1. The minimum absolute atomic E-state index is 0.0368. The number of anilines is 1. The monoisotopic (exact) mass is 453 g/mol. The lowest BCUT2D eigenvalue weighted by atomic mass is 10.1. The Labute approximate surface area is 192 Å². The van der Waals surface area contributed by atoms with Crippen LogP contribution in [0, 0.1) is 0 Å². The Kier molecular flexibility index (Phi) is 7.42. The second kappa shape index (κ2) is 10.6. The van der Waals surface area contributed by atoms with Crippen molar-refractivity contribution in [3.63, 3.8) is 0 Å². The highest BCUT2D eigenvalue weighted by Crippen LogP contribution is 2.20. The molecule has 0 radical (unpaired) electrons. The molecule has 3 N–H and O–H groups in total. The minimum Gasteiger partial charge on any atom is -0.361 e. The van der Waals surface area contributed by atoms with Gasteiger partial charge < -0.3 is 15.6 Å². The van der Waals surface area contributed by atoms with Crippen LogP contribution >= 0.6 is 11.6 Å². The van der Waals surface area contributed by atoms with Crippen LogP contribution in [0.2, 0.25) is 5.02 Å². The summed E-state index contributed by atoms with van der Waals surface area (Å²) in [5.74, 6) is -0.0451. The predicted molar refractivity (Wildman–Crippen MR) is 128 cm³/mol. The third-order valence-corrected chi connectivity index (χ3v) is 6.07. The molecule has 0 saturated carbocycles. The number of aromatic amines is 1. The summed E-state index contributed by atoms with van der Waals surface area (Å²) in [5.41, 5.74) is 2.96. The number of hydrogen-bond acceptors (Lipinski definition) is 4. The molecular weight excluding hydrogens is 426 g/mol. The molecule has 3 aromatic rings. The average Bonchev–Trinajstić information content (AvgIpc) is 3.20. The molecule has 0 spiro atoms. The molecule has 168 valence electrons. The van der Waals surface area contributed by atoms with Crippen molar-refractivity contribution in [1.82, 2.24) is 20.1 Å². The average molecular weight is 454 g/mol. The van der Waals surface area contributed by atoms with Gasteiger partial charge >= 0.3 is 0 Å². The van der Waals surface area contributed by atoms with Gasteiger partial charge in [-0.3, -0.25) is 19.4 Å². The van der Waals surface area contributed by atoms with E-state index in [4.69, 9.17) is 11.6 Å². The molecule has 2 heterocycles. The lowest BCUT2D eigenvalue weighted by Gasteiger charge is -2.33. The summed E-state index contributed by atoms with van der Waals surface area (Å²) < 4.78 is 0. The summed E-state index contributed by atoms with van der Waals surface area (Å²) in [6.45, 7) is 4.33. The van der Waals surface area contributed by atoms with Gasteiger partial charge in [0.05, 0.1) is 23.8 Å². The van der Waals surface area contributed by atoms with Gasteiger partial charge in [-0.15, -0.1) is 0 Å². The Balaban J connectivity index is 1.14. The number of hydrogen-bond donors (Lipinski definition) is 3. The fraction of sp³-hybridized carbons (Fsp3) is 0.333. The van der Waals surface area contributed by atoms with Crippen LogP contribution in [-0.4, -0.2) is 72.4 Å². The second-order valence-corrected chi connectivity index (χ2v) is 8.45. The van der Waals surface area contributed by atoms with Gasteiger partial charge in [0.15, 0.2) is 0 Å². The maximum atomic E-state index is 12.3. The van der Waals surface area contributed by atoms with Crippen molar-refractivity contribution in [3.05, 3.63) is 65.3 Å². The van der Waals surface area contributed by atoms with Gasteiger partial charge in [0.1, 0.15) is 0 Å². The molecule has 1 saturated heterocycles. The Hall–Kier alpha value is -2.87. The highest BCUT2D eigenvalue weighted by molar-refractivity contribution is 6.33. The summed E-state index contributed by atoms with van der Waals surface area (Å²) in [7, 11) is 0. The van der Waals surface area contributed by atoms with Crippen molar-refractivity contribution in [2.24, 2.45) is 0 Å². The van der Waals surface area contributed by atoms with E-state index in [1.807, 2.05) is 30.5 Å². The van der Waals surface area contributed by atoms with E-state index in [-0.39, 0.29) is 11.8 Å². The summed E-state index contributed by atoms with van der Waals surface area (Å²) in [6.07, 6.45) is 2.81. The number of carbonyl (C=O) groups excluding carboxylic acids is 2. The van der Waals surface area contributed by atoms with Gasteiger partial charge in [-0.25, -0.2) is 0 Å². The molecule has 1 aromatic heterocycles. The molecule has 4 rings (SSSR count). The first-order chi connectivity index (χ1) is 15.6. The lowest BCUT2D eigenvalue weighted by molar-refractivity contribution is -0.123. The molecule has 0 bridgehead atoms. The zero-order valence-electron chi connectivity index (χ0n) is 17.9. The Morgan fingerprint density at radius 2 is 1.56 bits per heavy atom. The van der Waals surface area contributed by atoms with Gasteiger partial charge in [0.2, 0.25) is 11.8 Å². The zero-order chi connectivity index (χ0) is 22.3. The van der Waals surface area contributed by atoms with Crippen molar-refractivity contribution in [2.75, 3.05) is 51.1 Å². The molecule has 2 aromatic carbocycles. The highest BCUT2D eigenvalue weighted by Gasteiger charge is 2.20. The quantitative estimate of drug-likeness (QED) is 0.490. The van der Waals surface area contributed by atoms with E-state index in [1.165, 1.54) is 10.9 Å². The highest BCUT2D eigenvalue weighted by atomic mass is 35.5. The first kappa shape index (κ1) is 22.3. The number of piperazine rings is 1. The number of halogens is 1. The molecule has 8 heteroatoms. The Bertz CT molecular complexity index is 1070. The van der Waals surface area contributed by atoms with Crippen molar-refractivity contribution < 1.29 is 9.59 Å². The molecule has 32 heavy (non-hydrogen) atoms. The van der Waals surface area contributed by atoms with Crippen LogP contribution in [0.15, 0.2) is 54.7 Å². The van der Waals surface area contributed by atoms with E-state index >= 15 is 0 Å². The number of nitrogens with one attached hydrogen (secondary N) is 3. The molecule has 0 atom stereocenters. The Morgan fingerprint density at radius 3 is 2.31 bits per heavy atom. The number of rotatable bonds is 8. The number of H-pyrrole nitrogens is 1. The van der Waals surface area contributed by atoms with Crippen LogP contribution in [0.3, 0.4) is 0 Å². The van der Waals surface area contributed by atoms with Gasteiger partial charge in [0.25, 0.3) is 0 Å². The van der Waals surface area contributed by atoms with Gasteiger partial charge in [-0.05, 0) is 30.2 Å². The van der Waals surface area contributed by atoms with E-state index in [0.29, 0.717) is 30.3 Å². The molecule has 1 aliphatic heterocycles. The normalized spacial score (nSPS) is 15.0. The van der Waals surface area contributed by atoms with Crippen LogP contribution in [0.5, 0.6) is 0 Å². The van der Waals surface area contributed by atoms with Crippen LogP contribution in [0.4, 0.5) is 5.69 Å². The Morgan fingerprint density at radius 1 is 0.906 bits per heavy atom. The van der Waals surface area contributed by atoms with Crippen molar-refractivity contribution in [2.45, 2.75) is 6.42 Å². The molecular formula is C24H28ClN5O2. The fourth-order valence-corrected chi connectivity index (χ4v) is 4.18. The number of para-hydroxylation sites is 2. The zero-order valence-corrected chi connectivity index (χ0v) is 18.7. The van der Waals surface area contributed by atoms with E-state index < -0.39 is 0 Å². The minimum atomic E-state index is -0.0819.